The summed E-state index contributed by atoms with van der Waals surface area (Å²) in [6, 6.07) is 8.16. The van der Waals surface area contributed by atoms with Crippen LogP contribution < -0.4 is 4.90 Å². The molecule has 0 unspecified atom stereocenters. The van der Waals surface area contributed by atoms with Crippen LogP contribution in [0.1, 0.15) is 37.0 Å². The quantitative estimate of drug-likeness (QED) is 0.852. The molecule has 0 aliphatic heterocycles. The largest absolute Gasteiger partial charge is 0.389 e. The average molecular weight is 260 g/mol. The molecule has 0 heterocycles. The van der Waals surface area contributed by atoms with E-state index in [4.69, 9.17) is 10.00 Å². The molecule has 1 aliphatic rings. The van der Waals surface area contributed by atoms with Crippen molar-refractivity contribution in [1.82, 2.24) is 0 Å². The van der Waals surface area contributed by atoms with Crippen molar-refractivity contribution in [1.29, 1.82) is 5.26 Å². The van der Waals surface area contributed by atoms with Gasteiger partial charge in [-0.3, -0.25) is 0 Å². The molecule has 0 aromatic heterocycles. The third kappa shape index (κ3) is 3.25. The van der Waals surface area contributed by atoms with Gasteiger partial charge in [-0.2, -0.15) is 5.26 Å². The average Bonchev–Trinajstić information content (AvgIpc) is 3.23. The van der Waals surface area contributed by atoms with Crippen molar-refractivity contribution in [2.75, 3.05) is 25.2 Å². The first-order valence-corrected chi connectivity index (χ1v) is 6.65. The summed E-state index contributed by atoms with van der Waals surface area (Å²) in [6.45, 7) is 3.19. The molecule has 1 fully saturated rings. The van der Waals surface area contributed by atoms with Crippen molar-refractivity contribution in [3.8, 4) is 6.07 Å². The number of nitriles is 1. The molecule has 0 spiro atoms. The fourth-order valence-corrected chi connectivity index (χ4v) is 2.29. The minimum Gasteiger partial charge on any atom is -0.389 e. The molecule has 4 heteroatoms. The molecule has 1 aromatic carbocycles. The Labute approximate surface area is 114 Å². The Kier molecular flexibility index (Phi) is 4.41. The zero-order valence-corrected chi connectivity index (χ0v) is 11.5. The minimum atomic E-state index is -0.536. The third-order valence-corrected chi connectivity index (χ3v) is 3.44. The zero-order valence-electron chi connectivity index (χ0n) is 11.5. The van der Waals surface area contributed by atoms with Crippen molar-refractivity contribution in [3.05, 3.63) is 29.3 Å². The number of nitrogens with zero attached hydrogens (tertiary/aromatic N) is 2. The number of ether oxygens (including phenoxy) is 1. The molecular formula is C15H20N2O2. The lowest BCUT2D eigenvalue weighted by Crippen LogP contribution is -2.30. The normalized spacial score (nSPS) is 15.9. The number of rotatable bonds is 6. The molecular weight excluding hydrogens is 240 g/mol. The molecule has 2 rings (SSSR count). The van der Waals surface area contributed by atoms with Crippen molar-refractivity contribution >= 4 is 5.69 Å². The van der Waals surface area contributed by atoms with Gasteiger partial charge in [0.15, 0.2) is 0 Å². The lowest BCUT2D eigenvalue weighted by Gasteiger charge is -2.28. The van der Waals surface area contributed by atoms with Gasteiger partial charge in [-0.05, 0) is 31.9 Å². The number of benzene rings is 1. The van der Waals surface area contributed by atoms with E-state index in [-0.39, 0.29) is 0 Å². The van der Waals surface area contributed by atoms with Crippen LogP contribution in [0.25, 0.3) is 0 Å². The lowest BCUT2D eigenvalue weighted by molar-refractivity contribution is 0.197. The van der Waals surface area contributed by atoms with E-state index in [1.165, 1.54) is 12.8 Å². The van der Waals surface area contributed by atoms with Gasteiger partial charge in [0.1, 0.15) is 0 Å². The highest BCUT2D eigenvalue weighted by atomic mass is 16.5. The highest BCUT2D eigenvalue weighted by molar-refractivity contribution is 5.59. The van der Waals surface area contributed by atoms with E-state index in [0.717, 1.165) is 17.8 Å². The van der Waals surface area contributed by atoms with Gasteiger partial charge in [-0.1, -0.05) is 6.07 Å². The molecule has 0 saturated heterocycles. The van der Waals surface area contributed by atoms with Gasteiger partial charge in [-0.25, -0.2) is 0 Å². The summed E-state index contributed by atoms with van der Waals surface area (Å²) < 4.78 is 5.16. The molecule has 4 nitrogen and oxygen atoms in total. The minimum absolute atomic E-state index is 0.515. The van der Waals surface area contributed by atoms with Crippen molar-refractivity contribution in [2.24, 2.45) is 0 Å². The fraction of sp³-hybridized carbons (Fsp3) is 0.533. The SMILES string of the molecule is COCCN(c1cc(C#N)ccc1[C@@H](C)O)C1CC1. The van der Waals surface area contributed by atoms with Crippen molar-refractivity contribution < 1.29 is 9.84 Å². The topological polar surface area (TPSA) is 56.5 Å². The van der Waals surface area contributed by atoms with Crippen LogP contribution >= 0.6 is 0 Å². The molecule has 19 heavy (non-hydrogen) atoms. The first-order valence-electron chi connectivity index (χ1n) is 6.65. The highest BCUT2D eigenvalue weighted by Crippen LogP contribution is 2.36. The standard InChI is InChI=1S/C15H20N2O2/c1-11(18)14-6-3-12(10-16)9-15(14)17(7-8-19-2)13-4-5-13/h3,6,9,11,13,18H,4-5,7-8H2,1-2H3/t11-/m1/s1. The summed E-state index contributed by atoms with van der Waals surface area (Å²) in [6.07, 6.45) is 1.80. The Hall–Kier alpha value is -1.57. The van der Waals surface area contributed by atoms with Gasteiger partial charge in [0.2, 0.25) is 0 Å². The molecule has 102 valence electrons. The second-order valence-electron chi connectivity index (χ2n) is 4.98. The summed E-state index contributed by atoms with van der Waals surface area (Å²) in [4.78, 5) is 2.26. The predicted molar refractivity (Wildman–Crippen MR) is 74.0 cm³/mol. The molecule has 1 atom stereocenters. The van der Waals surface area contributed by atoms with Gasteiger partial charge >= 0.3 is 0 Å². The monoisotopic (exact) mass is 260 g/mol. The Morgan fingerprint density at radius 3 is 2.79 bits per heavy atom. The molecule has 1 aromatic rings. The van der Waals surface area contributed by atoms with E-state index >= 15 is 0 Å². The third-order valence-electron chi connectivity index (χ3n) is 3.44. The van der Waals surface area contributed by atoms with Gasteiger partial charge in [0.25, 0.3) is 0 Å². The molecule has 1 saturated carbocycles. The molecule has 1 aliphatic carbocycles. The van der Waals surface area contributed by atoms with E-state index in [0.29, 0.717) is 18.2 Å². The Morgan fingerprint density at radius 2 is 2.26 bits per heavy atom. The van der Waals surface area contributed by atoms with Crippen molar-refractivity contribution in [3.63, 3.8) is 0 Å². The number of hydrogen-bond donors (Lipinski definition) is 1. The maximum Gasteiger partial charge on any atom is 0.0992 e. The number of methoxy groups -OCH3 is 1. The van der Waals surface area contributed by atoms with E-state index in [2.05, 4.69) is 11.0 Å². The molecule has 0 bridgehead atoms. The predicted octanol–water partition coefficient (Wildman–Crippen LogP) is 2.23. The van der Waals surface area contributed by atoms with E-state index in [1.54, 1.807) is 20.1 Å². The molecule has 1 N–H and O–H groups in total. The zero-order chi connectivity index (χ0) is 13.8. The Bertz CT molecular complexity index is 476. The maximum atomic E-state index is 9.90. The number of anilines is 1. The summed E-state index contributed by atoms with van der Waals surface area (Å²) in [7, 11) is 1.69. The van der Waals surface area contributed by atoms with Gasteiger partial charge in [-0.15, -0.1) is 0 Å². The van der Waals surface area contributed by atoms with Crippen LogP contribution in [-0.4, -0.2) is 31.4 Å². The van der Waals surface area contributed by atoms with Crippen LogP contribution in [0, 0.1) is 11.3 Å². The summed E-state index contributed by atoms with van der Waals surface area (Å²) in [5.41, 5.74) is 2.47. The summed E-state index contributed by atoms with van der Waals surface area (Å²) in [5, 5.41) is 19.0. The van der Waals surface area contributed by atoms with Gasteiger partial charge < -0.3 is 14.7 Å². The molecule has 0 amide bonds. The van der Waals surface area contributed by atoms with Gasteiger partial charge in [0, 0.05) is 30.9 Å². The van der Waals surface area contributed by atoms with Crippen LogP contribution in [0.3, 0.4) is 0 Å². The Morgan fingerprint density at radius 1 is 1.53 bits per heavy atom. The molecule has 0 radical (unpaired) electrons. The first kappa shape index (κ1) is 13.9. The second-order valence-corrected chi connectivity index (χ2v) is 4.98. The van der Waals surface area contributed by atoms with Crippen molar-refractivity contribution in [2.45, 2.75) is 31.9 Å². The lowest BCUT2D eigenvalue weighted by atomic mass is 10.0. The fourth-order valence-electron chi connectivity index (χ4n) is 2.29. The summed E-state index contributed by atoms with van der Waals surface area (Å²) in [5.74, 6) is 0. The van der Waals surface area contributed by atoms with Gasteiger partial charge in [0.05, 0.1) is 24.3 Å². The van der Waals surface area contributed by atoms with Crippen LogP contribution in [0.2, 0.25) is 0 Å². The van der Waals surface area contributed by atoms with E-state index < -0.39 is 6.10 Å². The van der Waals surface area contributed by atoms with E-state index in [9.17, 15) is 5.11 Å². The van der Waals surface area contributed by atoms with Crippen LogP contribution in [0.15, 0.2) is 18.2 Å². The van der Waals surface area contributed by atoms with E-state index in [1.807, 2.05) is 12.1 Å². The number of aliphatic hydroxyl groups excluding tert-OH is 1. The van der Waals surface area contributed by atoms with Crippen LogP contribution in [0.5, 0.6) is 0 Å². The van der Waals surface area contributed by atoms with Crippen LogP contribution in [-0.2, 0) is 4.74 Å². The highest BCUT2D eigenvalue weighted by Gasteiger charge is 2.30. The second kappa shape index (κ2) is 6.05. The smallest absolute Gasteiger partial charge is 0.0992 e. The number of hydrogen-bond acceptors (Lipinski definition) is 4. The number of aliphatic hydroxyl groups is 1. The summed E-state index contributed by atoms with van der Waals surface area (Å²) >= 11 is 0. The van der Waals surface area contributed by atoms with Crippen LogP contribution in [0.4, 0.5) is 5.69 Å². The maximum absolute atomic E-state index is 9.90. The Balaban J connectivity index is 2.35. The first-order chi connectivity index (χ1) is 9.17.